The molecule has 20 heavy (non-hydrogen) atoms. The third-order valence-electron chi connectivity index (χ3n) is 3.24. The van der Waals surface area contributed by atoms with Crippen LogP contribution in [0.4, 0.5) is 0 Å². The van der Waals surface area contributed by atoms with Crippen molar-refractivity contribution in [2.45, 2.75) is 31.4 Å². The van der Waals surface area contributed by atoms with Crippen LogP contribution in [-0.2, 0) is 20.7 Å². The molecule has 5 nitrogen and oxygen atoms in total. The van der Waals surface area contributed by atoms with Gasteiger partial charge < -0.3 is 15.8 Å². The number of nitrogens with two attached hydrogens (primary N) is 1. The van der Waals surface area contributed by atoms with Crippen LogP contribution < -0.4 is 11.1 Å². The smallest absolute Gasteiger partial charge is 0.249 e. The Bertz CT molecular complexity index is 484. The molecular formula is C14H17IN2O3. The van der Waals surface area contributed by atoms with E-state index in [0.29, 0.717) is 19.4 Å². The number of amides is 2. The Morgan fingerprint density at radius 3 is 2.65 bits per heavy atom. The summed E-state index contributed by atoms with van der Waals surface area (Å²) in [4.78, 5) is 23.4. The van der Waals surface area contributed by atoms with Crippen molar-refractivity contribution in [1.29, 1.82) is 0 Å². The summed E-state index contributed by atoms with van der Waals surface area (Å²) in [6, 6.07) is 7.06. The standard InChI is InChI=1S/C14H17IN2O3/c15-10-5-3-9(4-6-10)8-11(13(16)18)17-14(19)12-2-1-7-20-12/h3-6,11-12H,1-2,7-8H2,(H2,16,18)(H,17,19)/t11-,12+/m1/s1. The van der Waals surface area contributed by atoms with Crippen LogP contribution in [-0.4, -0.2) is 30.6 Å². The summed E-state index contributed by atoms with van der Waals surface area (Å²) in [5, 5.41) is 2.68. The zero-order valence-electron chi connectivity index (χ0n) is 11.0. The molecule has 0 aliphatic carbocycles. The van der Waals surface area contributed by atoms with Gasteiger partial charge in [0.1, 0.15) is 12.1 Å². The van der Waals surface area contributed by atoms with E-state index in [1.165, 1.54) is 0 Å². The highest BCUT2D eigenvalue weighted by Crippen LogP contribution is 2.13. The number of nitrogens with one attached hydrogen (secondary N) is 1. The minimum absolute atomic E-state index is 0.253. The molecule has 0 radical (unpaired) electrons. The summed E-state index contributed by atoms with van der Waals surface area (Å²) in [7, 11) is 0. The number of hydrogen-bond donors (Lipinski definition) is 2. The van der Waals surface area contributed by atoms with Crippen LogP contribution in [0.15, 0.2) is 24.3 Å². The predicted octanol–water partition coefficient (Wildman–Crippen LogP) is 0.983. The summed E-state index contributed by atoms with van der Waals surface area (Å²) in [5.41, 5.74) is 6.33. The highest BCUT2D eigenvalue weighted by atomic mass is 127. The van der Waals surface area contributed by atoms with E-state index in [4.69, 9.17) is 10.5 Å². The largest absolute Gasteiger partial charge is 0.368 e. The minimum Gasteiger partial charge on any atom is -0.368 e. The first-order valence-electron chi connectivity index (χ1n) is 6.52. The van der Waals surface area contributed by atoms with E-state index < -0.39 is 18.1 Å². The Balaban J connectivity index is 1.98. The Morgan fingerprint density at radius 2 is 2.10 bits per heavy atom. The maximum absolute atomic E-state index is 12.0. The molecule has 108 valence electrons. The molecule has 0 spiro atoms. The van der Waals surface area contributed by atoms with E-state index in [9.17, 15) is 9.59 Å². The van der Waals surface area contributed by atoms with Gasteiger partial charge in [0.2, 0.25) is 11.8 Å². The molecule has 1 saturated heterocycles. The number of halogens is 1. The summed E-state index contributed by atoms with van der Waals surface area (Å²) >= 11 is 2.21. The number of ether oxygens (including phenoxy) is 1. The predicted molar refractivity (Wildman–Crippen MR) is 83.0 cm³/mol. The van der Waals surface area contributed by atoms with Crippen molar-refractivity contribution in [3.05, 3.63) is 33.4 Å². The molecule has 1 aliphatic rings. The van der Waals surface area contributed by atoms with E-state index in [1.54, 1.807) is 0 Å². The van der Waals surface area contributed by atoms with Crippen molar-refractivity contribution < 1.29 is 14.3 Å². The molecule has 2 atom stereocenters. The molecule has 1 heterocycles. The first kappa shape index (κ1) is 15.2. The zero-order valence-corrected chi connectivity index (χ0v) is 13.1. The van der Waals surface area contributed by atoms with Gasteiger partial charge in [0.05, 0.1) is 0 Å². The molecule has 1 aliphatic heterocycles. The van der Waals surface area contributed by atoms with Crippen molar-refractivity contribution in [3.63, 3.8) is 0 Å². The van der Waals surface area contributed by atoms with Crippen molar-refractivity contribution in [2.24, 2.45) is 5.73 Å². The molecular weight excluding hydrogens is 371 g/mol. The second-order valence-electron chi connectivity index (χ2n) is 4.80. The molecule has 0 unspecified atom stereocenters. The fourth-order valence-electron chi connectivity index (χ4n) is 2.13. The maximum atomic E-state index is 12.0. The summed E-state index contributed by atoms with van der Waals surface area (Å²) in [5.74, 6) is -0.785. The Labute approximate surface area is 131 Å². The fourth-order valence-corrected chi connectivity index (χ4v) is 2.49. The Kier molecular flexibility index (Phi) is 5.36. The van der Waals surface area contributed by atoms with Gasteiger partial charge >= 0.3 is 0 Å². The normalized spacial score (nSPS) is 19.6. The van der Waals surface area contributed by atoms with Crippen LogP contribution in [0.2, 0.25) is 0 Å². The van der Waals surface area contributed by atoms with Gasteiger partial charge in [0.25, 0.3) is 0 Å². The second kappa shape index (κ2) is 7.03. The molecule has 0 bridgehead atoms. The van der Waals surface area contributed by atoms with Crippen LogP contribution in [0, 0.1) is 3.57 Å². The van der Waals surface area contributed by atoms with Crippen LogP contribution in [0.3, 0.4) is 0 Å². The van der Waals surface area contributed by atoms with Gasteiger partial charge in [0.15, 0.2) is 0 Å². The van der Waals surface area contributed by atoms with Crippen molar-refractivity contribution in [1.82, 2.24) is 5.32 Å². The Hall–Kier alpha value is -1.15. The lowest BCUT2D eigenvalue weighted by Gasteiger charge is -2.18. The monoisotopic (exact) mass is 388 g/mol. The summed E-state index contributed by atoms with van der Waals surface area (Å²) in [6.45, 7) is 0.594. The molecule has 1 aromatic carbocycles. The van der Waals surface area contributed by atoms with Crippen LogP contribution in [0.25, 0.3) is 0 Å². The van der Waals surface area contributed by atoms with E-state index in [0.717, 1.165) is 15.6 Å². The van der Waals surface area contributed by atoms with Gasteiger partial charge in [-0.05, 0) is 53.1 Å². The lowest BCUT2D eigenvalue weighted by atomic mass is 10.1. The summed E-state index contributed by atoms with van der Waals surface area (Å²) in [6.07, 6.45) is 1.51. The fraction of sp³-hybridized carbons (Fsp3) is 0.429. The van der Waals surface area contributed by atoms with Gasteiger partial charge in [-0.3, -0.25) is 9.59 Å². The molecule has 6 heteroatoms. The van der Waals surface area contributed by atoms with Crippen molar-refractivity contribution in [2.75, 3.05) is 6.61 Å². The maximum Gasteiger partial charge on any atom is 0.249 e. The summed E-state index contributed by atoms with van der Waals surface area (Å²) < 4.78 is 6.41. The second-order valence-corrected chi connectivity index (χ2v) is 6.04. The highest BCUT2D eigenvalue weighted by Gasteiger charge is 2.27. The highest BCUT2D eigenvalue weighted by molar-refractivity contribution is 14.1. The zero-order chi connectivity index (χ0) is 14.5. The molecule has 0 saturated carbocycles. The average molecular weight is 388 g/mol. The van der Waals surface area contributed by atoms with Crippen LogP contribution in [0.5, 0.6) is 0 Å². The van der Waals surface area contributed by atoms with Gasteiger partial charge in [-0.2, -0.15) is 0 Å². The van der Waals surface area contributed by atoms with Crippen LogP contribution in [0.1, 0.15) is 18.4 Å². The molecule has 0 aromatic heterocycles. The molecule has 1 fully saturated rings. The van der Waals surface area contributed by atoms with Gasteiger partial charge in [0, 0.05) is 16.6 Å². The number of primary amides is 1. The van der Waals surface area contributed by atoms with E-state index in [2.05, 4.69) is 27.9 Å². The van der Waals surface area contributed by atoms with Crippen molar-refractivity contribution in [3.8, 4) is 0 Å². The average Bonchev–Trinajstić information content (AvgIpc) is 2.94. The third kappa shape index (κ3) is 4.17. The van der Waals surface area contributed by atoms with Gasteiger partial charge in [-0.25, -0.2) is 0 Å². The quantitative estimate of drug-likeness (QED) is 0.739. The Morgan fingerprint density at radius 1 is 1.40 bits per heavy atom. The minimum atomic E-state index is -0.702. The molecule has 2 amide bonds. The number of carbonyl (C=O) groups is 2. The number of benzene rings is 1. The first-order valence-corrected chi connectivity index (χ1v) is 7.60. The van der Waals surface area contributed by atoms with Gasteiger partial charge in [-0.1, -0.05) is 12.1 Å². The lowest BCUT2D eigenvalue weighted by Crippen LogP contribution is -2.49. The van der Waals surface area contributed by atoms with Crippen molar-refractivity contribution >= 4 is 34.4 Å². The first-order chi connectivity index (χ1) is 9.56. The molecule has 1 aromatic rings. The SMILES string of the molecule is NC(=O)[C@@H](Cc1ccc(I)cc1)NC(=O)[C@@H]1CCCO1. The van der Waals surface area contributed by atoms with Gasteiger partial charge in [-0.15, -0.1) is 0 Å². The topological polar surface area (TPSA) is 81.4 Å². The lowest BCUT2D eigenvalue weighted by molar-refractivity contribution is -0.133. The number of rotatable bonds is 5. The van der Waals surface area contributed by atoms with E-state index in [1.807, 2.05) is 24.3 Å². The molecule has 2 rings (SSSR count). The van der Waals surface area contributed by atoms with E-state index >= 15 is 0 Å². The number of hydrogen-bond acceptors (Lipinski definition) is 3. The van der Waals surface area contributed by atoms with Crippen LogP contribution >= 0.6 is 22.6 Å². The molecule has 3 N–H and O–H groups in total. The number of carbonyl (C=O) groups excluding carboxylic acids is 2. The third-order valence-corrected chi connectivity index (χ3v) is 3.95. The van der Waals surface area contributed by atoms with E-state index in [-0.39, 0.29) is 5.91 Å².